The van der Waals surface area contributed by atoms with E-state index in [2.05, 4.69) is 79.9 Å². The van der Waals surface area contributed by atoms with E-state index >= 15 is 0 Å². The predicted octanol–water partition coefficient (Wildman–Crippen LogP) is 2.65. The van der Waals surface area contributed by atoms with Gasteiger partial charge in [-0.05, 0) is 50.0 Å². The number of likely N-dealkylation sites (N-methyl/N-ethyl adjacent to an activating group) is 1. The molecule has 0 aromatic heterocycles. The maximum absolute atomic E-state index is 12.4. The molecule has 226 valence electrons. The molecule has 0 aliphatic carbocycles. The average Bonchev–Trinajstić information content (AvgIpc) is 3.35. The molecule has 8 heteroatoms. The molecule has 1 unspecified atom stereocenters. The van der Waals surface area contributed by atoms with Crippen molar-refractivity contribution in [2.24, 2.45) is 23.2 Å². The zero-order chi connectivity index (χ0) is 28.7. The van der Waals surface area contributed by atoms with Crippen LogP contribution in [0.3, 0.4) is 0 Å². The van der Waals surface area contributed by atoms with Crippen LogP contribution in [0.25, 0.3) is 0 Å². The number of likely N-dealkylation sites (tertiary alicyclic amines) is 2. The summed E-state index contributed by atoms with van der Waals surface area (Å²) < 4.78 is 0. The first-order valence-corrected chi connectivity index (χ1v) is 15.8. The summed E-state index contributed by atoms with van der Waals surface area (Å²) in [6.07, 6.45) is 1.17. The molecule has 8 nitrogen and oxygen atoms in total. The van der Waals surface area contributed by atoms with Crippen molar-refractivity contribution in [2.45, 2.75) is 67.9 Å². The number of nitrogens with zero attached hydrogens (tertiary/aromatic N) is 6. The first kappa shape index (κ1) is 32.3. The summed E-state index contributed by atoms with van der Waals surface area (Å²) in [4.78, 5) is 38.2. The first-order chi connectivity index (χ1) is 18.4. The van der Waals surface area contributed by atoms with Gasteiger partial charge in [-0.15, -0.1) is 0 Å². The molecule has 4 fully saturated rings. The lowest BCUT2D eigenvalue weighted by atomic mass is 9.80. The van der Waals surface area contributed by atoms with Crippen molar-refractivity contribution < 1.29 is 9.59 Å². The molecular formula is C31H60N6O2. The highest BCUT2D eigenvalue weighted by Gasteiger charge is 2.35. The molecule has 4 saturated heterocycles. The highest BCUT2D eigenvalue weighted by molar-refractivity contribution is 5.79. The number of rotatable bonds is 7. The standard InChI is InChI=1S/C16H31N3O.C15H29N3O/c1-5-17-8-10-18(11-9-17)13-15(20)19-7-6-14(12-19)16(2,3)4;1-12(2)14-9-18(10-14)15(19)11-16-5-7-17(8-6-16)13(3)4/h14H,5-13H2,1-4H3;12-14H,5-11H2,1-4H3. The number of carbonyl (C=O) groups excluding carboxylic acids is 2. The lowest BCUT2D eigenvalue weighted by Gasteiger charge is -2.43. The Labute approximate surface area is 240 Å². The van der Waals surface area contributed by atoms with Gasteiger partial charge in [0.1, 0.15) is 0 Å². The van der Waals surface area contributed by atoms with Crippen LogP contribution in [0.2, 0.25) is 0 Å². The van der Waals surface area contributed by atoms with Crippen LogP contribution >= 0.6 is 0 Å². The zero-order valence-electron chi connectivity index (χ0n) is 26.6. The van der Waals surface area contributed by atoms with E-state index in [0.717, 1.165) is 91.0 Å². The van der Waals surface area contributed by atoms with Crippen molar-refractivity contribution in [1.29, 1.82) is 0 Å². The molecule has 0 aromatic carbocycles. The van der Waals surface area contributed by atoms with E-state index in [0.29, 0.717) is 48.2 Å². The number of hydrogen-bond acceptors (Lipinski definition) is 6. The number of carbonyl (C=O) groups is 2. The molecule has 0 bridgehead atoms. The summed E-state index contributed by atoms with van der Waals surface area (Å²) in [5.41, 5.74) is 0.321. The van der Waals surface area contributed by atoms with Gasteiger partial charge in [-0.1, -0.05) is 41.5 Å². The minimum absolute atomic E-state index is 0.321. The van der Waals surface area contributed by atoms with E-state index in [1.54, 1.807) is 0 Å². The van der Waals surface area contributed by atoms with Crippen LogP contribution in [-0.2, 0) is 9.59 Å². The smallest absolute Gasteiger partial charge is 0.236 e. The van der Waals surface area contributed by atoms with Gasteiger partial charge in [0.2, 0.25) is 11.8 Å². The summed E-state index contributed by atoms with van der Waals surface area (Å²) in [7, 11) is 0. The van der Waals surface area contributed by atoms with E-state index in [1.165, 1.54) is 6.42 Å². The third kappa shape index (κ3) is 9.68. The molecule has 0 spiro atoms. The van der Waals surface area contributed by atoms with Gasteiger partial charge in [-0.3, -0.25) is 24.3 Å². The zero-order valence-corrected chi connectivity index (χ0v) is 26.6. The Hall–Kier alpha value is -1.22. The van der Waals surface area contributed by atoms with Crippen LogP contribution in [0.15, 0.2) is 0 Å². The fourth-order valence-corrected chi connectivity index (χ4v) is 6.12. The second-order valence-electron chi connectivity index (χ2n) is 14.1. The molecule has 4 aliphatic rings. The van der Waals surface area contributed by atoms with Crippen molar-refractivity contribution >= 4 is 11.8 Å². The Balaban J connectivity index is 0.000000216. The van der Waals surface area contributed by atoms with Gasteiger partial charge < -0.3 is 14.7 Å². The van der Waals surface area contributed by atoms with Crippen molar-refractivity contribution in [3.63, 3.8) is 0 Å². The van der Waals surface area contributed by atoms with Crippen LogP contribution in [-0.4, -0.2) is 145 Å². The number of piperazine rings is 2. The molecular weight excluding hydrogens is 488 g/mol. The molecule has 4 heterocycles. The minimum Gasteiger partial charge on any atom is -0.341 e. The fourth-order valence-electron chi connectivity index (χ4n) is 6.12. The van der Waals surface area contributed by atoms with Crippen LogP contribution in [0.5, 0.6) is 0 Å². The molecule has 0 aromatic rings. The predicted molar refractivity (Wildman–Crippen MR) is 161 cm³/mol. The minimum atomic E-state index is 0.321. The van der Waals surface area contributed by atoms with Gasteiger partial charge in [0.15, 0.2) is 0 Å². The van der Waals surface area contributed by atoms with Crippen molar-refractivity contribution in [1.82, 2.24) is 29.4 Å². The van der Waals surface area contributed by atoms with E-state index in [-0.39, 0.29) is 0 Å². The monoisotopic (exact) mass is 548 g/mol. The van der Waals surface area contributed by atoms with E-state index < -0.39 is 0 Å². The number of amides is 2. The van der Waals surface area contributed by atoms with Crippen LogP contribution in [0.4, 0.5) is 0 Å². The van der Waals surface area contributed by atoms with Crippen molar-refractivity contribution in [3.05, 3.63) is 0 Å². The summed E-state index contributed by atoms with van der Waals surface area (Å²) in [6, 6.07) is 0.625. The summed E-state index contributed by atoms with van der Waals surface area (Å²) >= 11 is 0. The summed E-state index contributed by atoms with van der Waals surface area (Å²) in [5.74, 6) is 2.75. The maximum Gasteiger partial charge on any atom is 0.236 e. The summed E-state index contributed by atoms with van der Waals surface area (Å²) in [5, 5.41) is 0. The molecule has 1 atom stereocenters. The molecule has 39 heavy (non-hydrogen) atoms. The van der Waals surface area contributed by atoms with Gasteiger partial charge in [0.05, 0.1) is 13.1 Å². The lowest BCUT2D eigenvalue weighted by molar-refractivity contribution is -0.140. The fraction of sp³-hybridized carbons (Fsp3) is 0.935. The van der Waals surface area contributed by atoms with E-state index in [4.69, 9.17) is 0 Å². The van der Waals surface area contributed by atoms with Crippen LogP contribution < -0.4 is 0 Å². The van der Waals surface area contributed by atoms with Gasteiger partial charge in [0, 0.05) is 84.6 Å². The Morgan fingerprint density at radius 2 is 1.18 bits per heavy atom. The van der Waals surface area contributed by atoms with Crippen molar-refractivity contribution in [2.75, 3.05) is 98.2 Å². The molecule has 4 rings (SSSR count). The quantitative estimate of drug-likeness (QED) is 0.488. The second-order valence-corrected chi connectivity index (χ2v) is 14.1. The second kappa shape index (κ2) is 14.6. The van der Waals surface area contributed by atoms with Crippen LogP contribution in [0, 0.1) is 23.2 Å². The molecule has 0 saturated carbocycles. The SMILES string of the molecule is CC(C)C1CN(C(=O)CN2CCN(C(C)C)CC2)C1.CCN1CCN(CC(=O)N2CCC(C(C)(C)C)C2)CC1. The first-order valence-electron chi connectivity index (χ1n) is 15.8. The molecule has 0 N–H and O–H groups in total. The maximum atomic E-state index is 12.4. The highest BCUT2D eigenvalue weighted by Crippen LogP contribution is 2.33. The third-order valence-electron chi connectivity index (χ3n) is 9.74. The average molecular weight is 549 g/mol. The molecule has 2 amide bonds. The summed E-state index contributed by atoms with van der Waals surface area (Å²) in [6.45, 7) is 32.8. The van der Waals surface area contributed by atoms with E-state index in [1.807, 2.05) is 4.90 Å². The largest absolute Gasteiger partial charge is 0.341 e. The Bertz CT molecular complexity index is 760. The number of hydrogen-bond donors (Lipinski definition) is 0. The van der Waals surface area contributed by atoms with Gasteiger partial charge in [-0.2, -0.15) is 0 Å². The van der Waals surface area contributed by atoms with Gasteiger partial charge in [-0.25, -0.2) is 0 Å². The molecule has 0 radical (unpaired) electrons. The Morgan fingerprint density at radius 1 is 0.692 bits per heavy atom. The van der Waals surface area contributed by atoms with Gasteiger partial charge >= 0.3 is 0 Å². The molecule has 4 aliphatic heterocycles. The third-order valence-corrected chi connectivity index (χ3v) is 9.74. The lowest BCUT2D eigenvalue weighted by Crippen LogP contribution is -2.56. The topological polar surface area (TPSA) is 53.6 Å². The Kier molecular flexibility index (Phi) is 12.1. The van der Waals surface area contributed by atoms with E-state index in [9.17, 15) is 9.59 Å². The van der Waals surface area contributed by atoms with Crippen LogP contribution in [0.1, 0.15) is 61.8 Å². The normalized spacial score (nSPS) is 24.7. The Morgan fingerprint density at radius 3 is 1.62 bits per heavy atom. The van der Waals surface area contributed by atoms with Gasteiger partial charge in [0.25, 0.3) is 0 Å². The highest BCUT2D eigenvalue weighted by atomic mass is 16.2. The van der Waals surface area contributed by atoms with Crippen molar-refractivity contribution in [3.8, 4) is 0 Å².